The molecule has 0 fully saturated rings. The van der Waals surface area contributed by atoms with Crippen LogP contribution in [-0.2, 0) is 9.59 Å². The van der Waals surface area contributed by atoms with Gasteiger partial charge in [-0.15, -0.1) is 11.6 Å². The Hall–Kier alpha value is -0.0500. The van der Waals surface area contributed by atoms with Gasteiger partial charge in [0.1, 0.15) is 0 Å². The van der Waals surface area contributed by atoms with Crippen LogP contribution in [0.2, 0.25) is 0 Å². The second-order valence-corrected chi connectivity index (χ2v) is 4.18. The van der Waals surface area contributed by atoms with E-state index in [4.69, 9.17) is 34.8 Å². The van der Waals surface area contributed by atoms with E-state index in [2.05, 4.69) is 0 Å². The number of allylic oxidation sites excluding steroid dienone is 2. The van der Waals surface area contributed by atoms with Crippen LogP contribution in [0, 0.1) is 11.8 Å². The Bertz CT molecular complexity index is 262. The minimum atomic E-state index is -0.623. The van der Waals surface area contributed by atoms with E-state index in [1.807, 2.05) is 0 Å². The first-order valence-electron chi connectivity index (χ1n) is 3.73. The van der Waals surface area contributed by atoms with Crippen molar-refractivity contribution in [2.24, 2.45) is 11.8 Å². The number of rotatable bonds is 2. The van der Waals surface area contributed by atoms with Crippen LogP contribution in [0.3, 0.4) is 0 Å². The molecule has 0 bridgehead atoms. The molecule has 5 heteroatoms. The number of hydrogen-bond donors (Lipinski definition) is 0. The summed E-state index contributed by atoms with van der Waals surface area (Å²) in [5.74, 6) is -1.21. The summed E-state index contributed by atoms with van der Waals surface area (Å²) in [6.07, 6.45) is 3.56. The second-order valence-electron chi connectivity index (χ2n) is 2.88. The van der Waals surface area contributed by atoms with Crippen molar-refractivity contribution < 1.29 is 9.59 Å². The fourth-order valence-electron chi connectivity index (χ4n) is 1.31. The van der Waals surface area contributed by atoms with Gasteiger partial charge in [0, 0.05) is 5.92 Å². The molecule has 3 atom stereocenters. The van der Waals surface area contributed by atoms with Gasteiger partial charge in [-0.05, 0) is 29.6 Å². The first-order valence-corrected chi connectivity index (χ1v) is 4.92. The predicted molar refractivity (Wildman–Crippen MR) is 52.1 cm³/mol. The zero-order chi connectivity index (χ0) is 10.0. The maximum absolute atomic E-state index is 10.9. The molecule has 13 heavy (non-hydrogen) atoms. The molecule has 1 rings (SSSR count). The van der Waals surface area contributed by atoms with Crippen LogP contribution < -0.4 is 0 Å². The average Bonchev–Trinajstić information content (AvgIpc) is 2.03. The molecule has 72 valence electrons. The summed E-state index contributed by atoms with van der Waals surface area (Å²) >= 11 is 16.4. The molecule has 0 N–H and O–H groups in total. The highest BCUT2D eigenvalue weighted by molar-refractivity contribution is 6.67. The summed E-state index contributed by atoms with van der Waals surface area (Å²) in [6, 6.07) is 0. The van der Waals surface area contributed by atoms with Crippen LogP contribution in [0.15, 0.2) is 12.2 Å². The van der Waals surface area contributed by atoms with Crippen molar-refractivity contribution in [3.8, 4) is 0 Å². The van der Waals surface area contributed by atoms with E-state index in [0.29, 0.717) is 6.42 Å². The van der Waals surface area contributed by atoms with Gasteiger partial charge in [0.25, 0.3) is 0 Å². The monoisotopic (exact) mass is 240 g/mol. The number of carbonyl (C=O) groups is 2. The molecule has 0 saturated heterocycles. The first kappa shape index (κ1) is 11.0. The minimum absolute atomic E-state index is 0.250. The number of halogens is 3. The van der Waals surface area contributed by atoms with E-state index in [1.165, 1.54) is 0 Å². The van der Waals surface area contributed by atoms with Gasteiger partial charge < -0.3 is 0 Å². The van der Waals surface area contributed by atoms with Crippen molar-refractivity contribution in [2.75, 3.05) is 0 Å². The summed E-state index contributed by atoms with van der Waals surface area (Å²) in [4.78, 5) is 21.8. The van der Waals surface area contributed by atoms with E-state index in [1.54, 1.807) is 12.2 Å². The topological polar surface area (TPSA) is 34.1 Å². The van der Waals surface area contributed by atoms with Crippen molar-refractivity contribution in [1.29, 1.82) is 0 Å². The van der Waals surface area contributed by atoms with E-state index in [0.717, 1.165) is 0 Å². The molecule has 2 nitrogen and oxygen atoms in total. The number of alkyl halides is 1. The van der Waals surface area contributed by atoms with Crippen molar-refractivity contribution in [2.45, 2.75) is 11.8 Å². The second kappa shape index (κ2) is 4.45. The lowest BCUT2D eigenvalue weighted by Gasteiger charge is -2.23. The smallest absolute Gasteiger partial charge is 0.229 e. The predicted octanol–water partition coefficient (Wildman–Crippen LogP) is 2.32. The Kier molecular flexibility index (Phi) is 3.77. The van der Waals surface area contributed by atoms with Crippen LogP contribution in [0.25, 0.3) is 0 Å². The summed E-state index contributed by atoms with van der Waals surface area (Å²) in [5.41, 5.74) is 0. The van der Waals surface area contributed by atoms with E-state index in [9.17, 15) is 9.59 Å². The zero-order valence-corrected chi connectivity index (χ0v) is 8.81. The Morgan fingerprint density at radius 2 is 1.77 bits per heavy atom. The lowest BCUT2D eigenvalue weighted by atomic mass is 9.85. The number of hydrogen-bond acceptors (Lipinski definition) is 2. The molecule has 0 aromatic rings. The molecule has 1 aliphatic carbocycles. The van der Waals surface area contributed by atoms with Gasteiger partial charge in [-0.1, -0.05) is 12.2 Å². The van der Waals surface area contributed by atoms with Crippen molar-refractivity contribution in [3.63, 3.8) is 0 Å². The van der Waals surface area contributed by atoms with Crippen molar-refractivity contribution in [3.05, 3.63) is 12.2 Å². The minimum Gasteiger partial charge on any atom is -0.281 e. The SMILES string of the molecule is O=C(Cl)C1C=CC(Cl)CC1C(=O)Cl. The first-order chi connectivity index (χ1) is 6.02. The third kappa shape index (κ3) is 2.70. The molecule has 0 aromatic heterocycles. The molecule has 0 radical (unpaired) electrons. The van der Waals surface area contributed by atoms with Gasteiger partial charge in [-0.3, -0.25) is 9.59 Å². The van der Waals surface area contributed by atoms with Gasteiger partial charge in [-0.25, -0.2) is 0 Å². The molecule has 0 amide bonds. The van der Waals surface area contributed by atoms with E-state index in [-0.39, 0.29) is 5.38 Å². The maximum atomic E-state index is 10.9. The molecular weight excluding hydrogens is 234 g/mol. The Labute approximate surface area is 90.8 Å². The van der Waals surface area contributed by atoms with Crippen molar-refractivity contribution >= 4 is 45.3 Å². The molecule has 0 spiro atoms. The van der Waals surface area contributed by atoms with Gasteiger partial charge in [0.15, 0.2) is 0 Å². The lowest BCUT2D eigenvalue weighted by Crippen LogP contribution is -2.29. The van der Waals surface area contributed by atoms with E-state index < -0.39 is 22.3 Å². The standard InChI is InChI=1S/C8H7Cl3O2/c9-4-1-2-5(7(10)12)6(3-4)8(11)13/h1-2,4-6H,3H2. The molecule has 0 heterocycles. The summed E-state index contributed by atoms with van der Waals surface area (Å²) in [5, 5.41) is -1.38. The third-order valence-electron chi connectivity index (χ3n) is 1.99. The fourth-order valence-corrected chi connectivity index (χ4v) is 2.04. The summed E-state index contributed by atoms with van der Waals surface area (Å²) < 4.78 is 0. The molecule has 0 aromatic carbocycles. The van der Waals surface area contributed by atoms with Crippen LogP contribution in [0.5, 0.6) is 0 Å². The largest absolute Gasteiger partial charge is 0.281 e. The lowest BCUT2D eigenvalue weighted by molar-refractivity contribution is -0.122. The van der Waals surface area contributed by atoms with Crippen molar-refractivity contribution in [1.82, 2.24) is 0 Å². The van der Waals surface area contributed by atoms with Gasteiger partial charge in [-0.2, -0.15) is 0 Å². The van der Waals surface area contributed by atoms with E-state index >= 15 is 0 Å². The molecular formula is C8H7Cl3O2. The van der Waals surface area contributed by atoms with Gasteiger partial charge in [0.05, 0.1) is 11.3 Å². The van der Waals surface area contributed by atoms with Crippen LogP contribution in [0.1, 0.15) is 6.42 Å². The quantitative estimate of drug-likeness (QED) is 0.422. The molecule has 0 saturated carbocycles. The number of carbonyl (C=O) groups excluding carboxylic acids is 2. The molecule has 0 aliphatic heterocycles. The highest BCUT2D eigenvalue weighted by Crippen LogP contribution is 2.30. The molecule has 3 unspecified atom stereocenters. The average molecular weight is 242 g/mol. The Balaban J connectivity index is 2.85. The fraction of sp³-hybridized carbons (Fsp3) is 0.500. The van der Waals surface area contributed by atoms with Crippen LogP contribution >= 0.6 is 34.8 Å². The highest BCUT2D eigenvalue weighted by Gasteiger charge is 2.34. The Morgan fingerprint density at radius 3 is 2.23 bits per heavy atom. The normalized spacial score (nSPS) is 33.0. The summed E-state index contributed by atoms with van der Waals surface area (Å²) in [6.45, 7) is 0. The highest BCUT2D eigenvalue weighted by atomic mass is 35.5. The summed E-state index contributed by atoms with van der Waals surface area (Å²) in [7, 11) is 0. The van der Waals surface area contributed by atoms with Gasteiger partial charge >= 0.3 is 0 Å². The van der Waals surface area contributed by atoms with Gasteiger partial charge in [0.2, 0.25) is 10.5 Å². The van der Waals surface area contributed by atoms with Crippen LogP contribution in [-0.4, -0.2) is 15.9 Å². The maximum Gasteiger partial charge on any atom is 0.229 e. The zero-order valence-electron chi connectivity index (χ0n) is 6.54. The Morgan fingerprint density at radius 1 is 1.15 bits per heavy atom. The third-order valence-corrected chi connectivity index (χ3v) is 2.85. The van der Waals surface area contributed by atoms with Crippen LogP contribution in [0.4, 0.5) is 0 Å². The molecule has 1 aliphatic rings.